The SMILES string of the molecule is CCNC(=NCCCCNc1ccccn1)Nc1ccc2c(c1)OCCCO2. The first-order valence-corrected chi connectivity index (χ1v) is 9.95. The van der Waals surface area contributed by atoms with Gasteiger partial charge in [0.25, 0.3) is 0 Å². The summed E-state index contributed by atoms with van der Waals surface area (Å²) in [6.45, 7) is 5.87. The average Bonchev–Trinajstić information content (AvgIpc) is 2.96. The fraction of sp³-hybridized carbons (Fsp3) is 0.429. The number of nitrogens with zero attached hydrogens (tertiary/aromatic N) is 2. The Morgan fingerprint density at radius 2 is 2.00 bits per heavy atom. The highest BCUT2D eigenvalue weighted by atomic mass is 16.5. The lowest BCUT2D eigenvalue weighted by molar-refractivity contribution is 0.297. The molecule has 2 aromatic rings. The van der Waals surface area contributed by atoms with Crippen molar-refractivity contribution >= 4 is 17.5 Å². The number of pyridine rings is 1. The minimum atomic E-state index is 0.678. The summed E-state index contributed by atoms with van der Waals surface area (Å²) in [4.78, 5) is 8.92. The van der Waals surface area contributed by atoms with Gasteiger partial charge in [-0.15, -0.1) is 0 Å². The van der Waals surface area contributed by atoms with Gasteiger partial charge in [0.1, 0.15) is 5.82 Å². The van der Waals surface area contributed by atoms with Crippen LogP contribution in [0.3, 0.4) is 0 Å². The van der Waals surface area contributed by atoms with Crippen LogP contribution in [0.4, 0.5) is 11.5 Å². The van der Waals surface area contributed by atoms with Crippen molar-refractivity contribution in [3.63, 3.8) is 0 Å². The number of aliphatic imine (C=N–C) groups is 1. The Hall–Kier alpha value is -2.96. The molecule has 7 nitrogen and oxygen atoms in total. The van der Waals surface area contributed by atoms with Crippen LogP contribution in [0.5, 0.6) is 11.5 Å². The number of hydrogen-bond acceptors (Lipinski definition) is 5. The second-order valence-electron chi connectivity index (χ2n) is 6.45. The van der Waals surface area contributed by atoms with Crippen LogP contribution in [-0.4, -0.2) is 43.8 Å². The lowest BCUT2D eigenvalue weighted by atomic mass is 10.2. The summed E-state index contributed by atoms with van der Waals surface area (Å²) in [5.41, 5.74) is 0.931. The summed E-state index contributed by atoms with van der Waals surface area (Å²) >= 11 is 0. The van der Waals surface area contributed by atoms with E-state index in [1.54, 1.807) is 6.20 Å². The second-order valence-corrected chi connectivity index (χ2v) is 6.45. The summed E-state index contributed by atoms with van der Waals surface area (Å²) < 4.78 is 11.4. The highest BCUT2D eigenvalue weighted by Crippen LogP contribution is 2.32. The van der Waals surface area contributed by atoms with E-state index < -0.39 is 0 Å². The zero-order valence-electron chi connectivity index (χ0n) is 16.4. The van der Waals surface area contributed by atoms with Crippen LogP contribution in [0.2, 0.25) is 0 Å². The Morgan fingerprint density at radius 1 is 1.11 bits per heavy atom. The molecular formula is C21H29N5O2. The van der Waals surface area contributed by atoms with Gasteiger partial charge in [0.2, 0.25) is 0 Å². The molecule has 0 amide bonds. The van der Waals surface area contributed by atoms with Crippen molar-refractivity contribution < 1.29 is 9.47 Å². The molecule has 0 saturated heterocycles. The van der Waals surface area contributed by atoms with E-state index in [-0.39, 0.29) is 0 Å². The summed E-state index contributed by atoms with van der Waals surface area (Å²) in [6, 6.07) is 11.8. The van der Waals surface area contributed by atoms with Gasteiger partial charge in [0.05, 0.1) is 13.2 Å². The van der Waals surface area contributed by atoms with Crippen LogP contribution in [0, 0.1) is 0 Å². The number of unbranched alkanes of at least 4 members (excludes halogenated alkanes) is 1. The lowest BCUT2D eigenvalue weighted by Crippen LogP contribution is -2.30. The van der Waals surface area contributed by atoms with Crippen molar-refractivity contribution in [1.29, 1.82) is 0 Å². The highest BCUT2D eigenvalue weighted by molar-refractivity contribution is 5.93. The van der Waals surface area contributed by atoms with Crippen LogP contribution >= 0.6 is 0 Å². The third kappa shape index (κ3) is 6.33. The quantitative estimate of drug-likeness (QED) is 0.368. The Balaban J connectivity index is 1.46. The van der Waals surface area contributed by atoms with Gasteiger partial charge in [-0.3, -0.25) is 4.99 Å². The molecule has 3 rings (SSSR count). The molecule has 0 bridgehead atoms. The number of nitrogens with one attached hydrogen (secondary N) is 3. The number of guanidine groups is 1. The van der Waals surface area contributed by atoms with E-state index in [1.807, 2.05) is 36.4 Å². The summed E-state index contributed by atoms with van der Waals surface area (Å²) in [6.07, 6.45) is 4.72. The third-order valence-electron chi connectivity index (χ3n) is 4.18. The molecule has 28 heavy (non-hydrogen) atoms. The van der Waals surface area contributed by atoms with E-state index in [0.29, 0.717) is 13.2 Å². The molecule has 1 aliphatic rings. The van der Waals surface area contributed by atoms with E-state index in [0.717, 1.165) is 67.9 Å². The predicted molar refractivity (Wildman–Crippen MR) is 114 cm³/mol. The molecule has 0 radical (unpaired) electrons. The number of fused-ring (bicyclic) bond motifs is 1. The van der Waals surface area contributed by atoms with Crippen molar-refractivity contribution in [2.75, 3.05) is 43.5 Å². The maximum absolute atomic E-state index is 5.76. The Kier molecular flexibility index (Phi) is 7.78. The molecule has 1 aromatic heterocycles. The fourth-order valence-electron chi connectivity index (χ4n) is 2.80. The number of hydrogen-bond donors (Lipinski definition) is 3. The number of rotatable bonds is 8. The van der Waals surface area contributed by atoms with E-state index in [4.69, 9.17) is 9.47 Å². The van der Waals surface area contributed by atoms with Crippen molar-refractivity contribution in [1.82, 2.24) is 10.3 Å². The first kappa shape index (κ1) is 19.8. The van der Waals surface area contributed by atoms with E-state index in [1.165, 1.54) is 0 Å². The zero-order chi connectivity index (χ0) is 19.4. The van der Waals surface area contributed by atoms with Crippen molar-refractivity contribution in [2.24, 2.45) is 4.99 Å². The largest absolute Gasteiger partial charge is 0.490 e. The molecule has 0 aliphatic carbocycles. The number of benzene rings is 1. The molecule has 0 spiro atoms. The van der Waals surface area contributed by atoms with Gasteiger partial charge < -0.3 is 25.4 Å². The van der Waals surface area contributed by atoms with E-state index >= 15 is 0 Å². The molecule has 0 atom stereocenters. The van der Waals surface area contributed by atoms with Gasteiger partial charge in [0, 0.05) is 44.0 Å². The third-order valence-corrected chi connectivity index (χ3v) is 4.18. The molecule has 1 aliphatic heterocycles. The number of aromatic nitrogens is 1. The smallest absolute Gasteiger partial charge is 0.195 e. The first-order valence-electron chi connectivity index (χ1n) is 9.95. The van der Waals surface area contributed by atoms with Gasteiger partial charge >= 0.3 is 0 Å². The van der Waals surface area contributed by atoms with Gasteiger partial charge in [-0.2, -0.15) is 0 Å². The van der Waals surface area contributed by atoms with Crippen LogP contribution in [-0.2, 0) is 0 Å². The predicted octanol–water partition coefficient (Wildman–Crippen LogP) is 3.51. The Labute approximate surface area is 166 Å². The molecule has 0 saturated carbocycles. The minimum absolute atomic E-state index is 0.678. The molecule has 0 fully saturated rings. The summed E-state index contributed by atoms with van der Waals surface area (Å²) in [5.74, 6) is 3.26. The zero-order valence-corrected chi connectivity index (χ0v) is 16.4. The maximum Gasteiger partial charge on any atom is 0.195 e. The normalized spacial score (nSPS) is 13.5. The Morgan fingerprint density at radius 3 is 2.82 bits per heavy atom. The van der Waals surface area contributed by atoms with Gasteiger partial charge in [-0.1, -0.05) is 6.07 Å². The molecular weight excluding hydrogens is 354 g/mol. The van der Waals surface area contributed by atoms with Gasteiger partial charge in [-0.05, 0) is 44.0 Å². The van der Waals surface area contributed by atoms with Gasteiger partial charge in [0.15, 0.2) is 17.5 Å². The maximum atomic E-state index is 5.76. The number of anilines is 2. The van der Waals surface area contributed by atoms with Gasteiger partial charge in [-0.25, -0.2) is 4.98 Å². The standard InChI is InChI=1S/C21H29N5O2/c1-2-22-21(25-13-6-5-12-24-20-8-3-4-11-23-20)26-17-9-10-18-19(16-17)28-15-7-14-27-18/h3-4,8-11,16H,2,5-7,12-15H2,1H3,(H,23,24)(H2,22,25,26). The first-order chi connectivity index (χ1) is 13.8. The summed E-state index contributed by atoms with van der Waals surface area (Å²) in [7, 11) is 0. The average molecular weight is 383 g/mol. The van der Waals surface area contributed by atoms with Crippen LogP contribution < -0.4 is 25.4 Å². The highest BCUT2D eigenvalue weighted by Gasteiger charge is 2.11. The fourth-order valence-corrected chi connectivity index (χ4v) is 2.80. The van der Waals surface area contributed by atoms with Crippen LogP contribution in [0.1, 0.15) is 26.2 Å². The monoisotopic (exact) mass is 383 g/mol. The molecule has 2 heterocycles. The lowest BCUT2D eigenvalue weighted by Gasteiger charge is -2.13. The number of ether oxygens (including phenoxy) is 2. The summed E-state index contributed by atoms with van der Waals surface area (Å²) in [5, 5.41) is 9.94. The van der Waals surface area contributed by atoms with Crippen LogP contribution in [0.15, 0.2) is 47.6 Å². The van der Waals surface area contributed by atoms with E-state index in [9.17, 15) is 0 Å². The van der Waals surface area contributed by atoms with Crippen molar-refractivity contribution in [3.8, 4) is 11.5 Å². The molecule has 1 aromatic carbocycles. The van der Waals surface area contributed by atoms with E-state index in [2.05, 4.69) is 32.9 Å². The van der Waals surface area contributed by atoms with Crippen molar-refractivity contribution in [2.45, 2.75) is 26.2 Å². The molecule has 3 N–H and O–H groups in total. The molecule has 0 unspecified atom stereocenters. The van der Waals surface area contributed by atoms with Crippen LogP contribution in [0.25, 0.3) is 0 Å². The Bertz CT molecular complexity index is 752. The second kappa shape index (κ2) is 11.0. The molecule has 7 heteroatoms. The van der Waals surface area contributed by atoms with Crippen molar-refractivity contribution in [3.05, 3.63) is 42.6 Å². The molecule has 150 valence electrons. The topological polar surface area (TPSA) is 79.8 Å². The minimum Gasteiger partial charge on any atom is -0.490 e.